The van der Waals surface area contributed by atoms with Crippen LogP contribution >= 0.6 is 0 Å². The molecule has 0 saturated heterocycles. The zero-order valence-electron chi connectivity index (χ0n) is 18.8. The Morgan fingerprint density at radius 2 is 1.87 bits per heavy atom. The first-order valence-corrected chi connectivity index (χ1v) is 10.6. The number of carbonyl (C=O) groups excluding carboxylic acids is 1. The molecule has 2 aromatic carbocycles. The molecular weight excluding hydrogens is 396 g/mol. The lowest BCUT2D eigenvalue weighted by Crippen LogP contribution is -2.31. The Kier molecular flexibility index (Phi) is 9.78. The third-order valence-electron chi connectivity index (χ3n) is 5.03. The highest BCUT2D eigenvalue weighted by Gasteiger charge is 2.17. The lowest BCUT2D eigenvalue weighted by molar-refractivity contribution is -0.0615. The summed E-state index contributed by atoms with van der Waals surface area (Å²) in [6.07, 6.45) is 0.560. The molecule has 7 nitrogen and oxygen atoms in total. The van der Waals surface area contributed by atoms with Gasteiger partial charge in [-0.2, -0.15) is 0 Å². The molecule has 0 radical (unpaired) electrons. The summed E-state index contributed by atoms with van der Waals surface area (Å²) >= 11 is 0. The third-order valence-corrected chi connectivity index (χ3v) is 5.03. The number of aliphatic hydroxyl groups excluding tert-OH is 1. The molecule has 0 heterocycles. The minimum absolute atomic E-state index is 0.210. The summed E-state index contributed by atoms with van der Waals surface area (Å²) in [5.41, 5.74) is 7.55. The number of amides is 1. The van der Waals surface area contributed by atoms with Gasteiger partial charge in [-0.1, -0.05) is 18.2 Å². The summed E-state index contributed by atoms with van der Waals surface area (Å²) in [4.78, 5) is 11.9. The van der Waals surface area contributed by atoms with Crippen molar-refractivity contribution >= 4 is 5.91 Å². The fourth-order valence-electron chi connectivity index (χ4n) is 3.21. The molecule has 3 atom stereocenters. The summed E-state index contributed by atoms with van der Waals surface area (Å²) < 4.78 is 16.2. The van der Waals surface area contributed by atoms with E-state index in [0.717, 1.165) is 18.6 Å². The monoisotopic (exact) mass is 430 g/mol. The summed E-state index contributed by atoms with van der Waals surface area (Å²) in [5.74, 6) is 0.566. The molecule has 2 rings (SSSR count). The normalized spacial score (nSPS) is 14.0. The Bertz CT molecular complexity index is 825. The predicted octanol–water partition coefficient (Wildman–Crippen LogP) is 3.20. The summed E-state index contributed by atoms with van der Waals surface area (Å²) in [7, 11) is 1.65. The van der Waals surface area contributed by atoms with E-state index < -0.39 is 18.3 Å². The second kappa shape index (κ2) is 12.3. The van der Waals surface area contributed by atoms with Crippen LogP contribution in [0.2, 0.25) is 0 Å². The van der Waals surface area contributed by atoms with E-state index in [1.54, 1.807) is 32.2 Å². The zero-order chi connectivity index (χ0) is 22.8. The largest absolute Gasteiger partial charge is 0.497 e. The van der Waals surface area contributed by atoms with E-state index in [2.05, 4.69) is 24.4 Å². The van der Waals surface area contributed by atoms with Crippen LogP contribution in [0.1, 0.15) is 54.8 Å². The predicted molar refractivity (Wildman–Crippen MR) is 120 cm³/mol. The van der Waals surface area contributed by atoms with Gasteiger partial charge in [-0.25, -0.2) is 0 Å². The molecular formula is C24H34N2O5. The van der Waals surface area contributed by atoms with Gasteiger partial charge in [0.05, 0.1) is 18.8 Å². The van der Waals surface area contributed by atoms with Crippen LogP contribution in [0, 0.1) is 0 Å². The van der Waals surface area contributed by atoms with Crippen LogP contribution in [0.25, 0.3) is 0 Å². The van der Waals surface area contributed by atoms with Crippen molar-refractivity contribution in [1.82, 2.24) is 5.32 Å². The van der Waals surface area contributed by atoms with Crippen LogP contribution in [0.5, 0.6) is 11.5 Å². The van der Waals surface area contributed by atoms with E-state index >= 15 is 0 Å². The van der Waals surface area contributed by atoms with Gasteiger partial charge in [-0.05, 0) is 69.0 Å². The van der Waals surface area contributed by atoms with Gasteiger partial charge in [0.25, 0.3) is 5.91 Å². The van der Waals surface area contributed by atoms with Crippen LogP contribution in [-0.4, -0.2) is 43.6 Å². The van der Waals surface area contributed by atoms with Gasteiger partial charge >= 0.3 is 0 Å². The number of hydrogen-bond donors (Lipinski definition) is 3. The summed E-state index contributed by atoms with van der Waals surface area (Å²) in [6.45, 7) is 6.54. The maximum Gasteiger partial charge on any atom is 0.252 e. The molecule has 7 heteroatoms. The van der Waals surface area contributed by atoms with Gasteiger partial charge in [-0.15, -0.1) is 0 Å². The highest BCUT2D eigenvalue weighted by molar-refractivity contribution is 5.95. The Morgan fingerprint density at radius 1 is 1.16 bits per heavy atom. The molecule has 0 spiro atoms. The average Bonchev–Trinajstić information content (AvgIpc) is 2.76. The standard InChI is InChI=1S/C24H34N2O5/c1-5-30-17(3)31-23-13-10-19(14-21(23)24(25)28)22(27)15-26-16(2)6-7-18-8-11-20(29-4)12-9-18/h8-14,16-17,22,26-27H,5-7,15H2,1-4H3,(H2,25,28). The number of carbonyl (C=O) groups is 1. The topological polar surface area (TPSA) is 103 Å². The van der Waals surface area contributed by atoms with Crippen molar-refractivity contribution in [3.8, 4) is 11.5 Å². The number of nitrogens with two attached hydrogens (primary N) is 1. The van der Waals surface area contributed by atoms with E-state index in [-0.39, 0.29) is 11.6 Å². The third kappa shape index (κ3) is 7.86. The van der Waals surface area contributed by atoms with Crippen molar-refractivity contribution < 1.29 is 24.1 Å². The number of ether oxygens (including phenoxy) is 3. The van der Waals surface area contributed by atoms with Gasteiger partial charge in [0, 0.05) is 19.2 Å². The Balaban J connectivity index is 1.90. The Hall–Kier alpha value is -2.61. The van der Waals surface area contributed by atoms with Gasteiger partial charge < -0.3 is 30.4 Å². The van der Waals surface area contributed by atoms with Crippen molar-refractivity contribution in [2.75, 3.05) is 20.3 Å². The molecule has 3 unspecified atom stereocenters. The summed E-state index contributed by atoms with van der Waals surface area (Å²) in [6, 6.07) is 13.2. The van der Waals surface area contributed by atoms with Crippen LogP contribution in [-0.2, 0) is 11.2 Å². The smallest absolute Gasteiger partial charge is 0.252 e. The zero-order valence-corrected chi connectivity index (χ0v) is 18.8. The Labute approximate surface area is 184 Å². The van der Waals surface area contributed by atoms with Gasteiger partial charge in [0.15, 0.2) is 6.29 Å². The second-order valence-corrected chi connectivity index (χ2v) is 7.47. The SMILES string of the molecule is CCOC(C)Oc1ccc(C(O)CNC(C)CCc2ccc(OC)cc2)cc1C(N)=O. The number of benzene rings is 2. The molecule has 0 bridgehead atoms. The number of rotatable bonds is 13. The van der Waals surface area contributed by atoms with Crippen LogP contribution in [0.3, 0.4) is 0 Å². The fourth-order valence-corrected chi connectivity index (χ4v) is 3.21. The molecule has 0 aliphatic heterocycles. The van der Waals surface area contributed by atoms with Crippen molar-refractivity contribution in [1.29, 1.82) is 0 Å². The van der Waals surface area contributed by atoms with Crippen molar-refractivity contribution in [2.24, 2.45) is 5.73 Å². The minimum Gasteiger partial charge on any atom is -0.497 e. The average molecular weight is 431 g/mol. The molecule has 1 amide bonds. The number of primary amides is 1. The first-order chi connectivity index (χ1) is 14.8. The molecule has 170 valence electrons. The lowest BCUT2D eigenvalue weighted by atomic mass is 10.0. The summed E-state index contributed by atoms with van der Waals surface area (Å²) in [5, 5.41) is 13.9. The first kappa shape index (κ1) is 24.7. The van der Waals surface area contributed by atoms with Crippen molar-refractivity contribution in [2.45, 2.75) is 52.0 Å². The van der Waals surface area contributed by atoms with E-state index in [9.17, 15) is 9.90 Å². The Morgan fingerprint density at radius 3 is 2.48 bits per heavy atom. The van der Waals surface area contributed by atoms with Crippen molar-refractivity contribution in [3.05, 3.63) is 59.2 Å². The molecule has 0 aromatic heterocycles. The van der Waals surface area contributed by atoms with E-state index in [0.29, 0.717) is 24.5 Å². The van der Waals surface area contributed by atoms with E-state index in [4.69, 9.17) is 19.9 Å². The lowest BCUT2D eigenvalue weighted by Gasteiger charge is -2.20. The van der Waals surface area contributed by atoms with Crippen LogP contribution in [0.15, 0.2) is 42.5 Å². The number of methoxy groups -OCH3 is 1. The second-order valence-electron chi connectivity index (χ2n) is 7.47. The molecule has 0 saturated carbocycles. The molecule has 0 aliphatic rings. The number of nitrogens with one attached hydrogen (secondary N) is 1. The molecule has 2 aromatic rings. The molecule has 31 heavy (non-hydrogen) atoms. The number of aliphatic hydroxyl groups is 1. The maximum atomic E-state index is 11.9. The van der Waals surface area contributed by atoms with Gasteiger partial charge in [0.2, 0.25) is 0 Å². The number of hydrogen-bond acceptors (Lipinski definition) is 6. The molecule has 0 aliphatic carbocycles. The number of aryl methyl sites for hydroxylation is 1. The minimum atomic E-state index is -0.778. The van der Waals surface area contributed by atoms with Crippen LogP contribution in [0.4, 0.5) is 0 Å². The molecule has 4 N–H and O–H groups in total. The van der Waals surface area contributed by atoms with Crippen molar-refractivity contribution in [3.63, 3.8) is 0 Å². The molecule has 0 fully saturated rings. The highest BCUT2D eigenvalue weighted by atomic mass is 16.7. The van der Waals surface area contributed by atoms with E-state index in [1.165, 1.54) is 5.56 Å². The van der Waals surface area contributed by atoms with Crippen LogP contribution < -0.4 is 20.5 Å². The first-order valence-electron chi connectivity index (χ1n) is 10.6. The maximum absolute atomic E-state index is 11.9. The van der Waals surface area contributed by atoms with Gasteiger partial charge in [0.1, 0.15) is 11.5 Å². The highest BCUT2D eigenvalue weighted by Crippen LogP contribution is 2.24. The quantitative estimate of drug-likeness (QED) is 0.422. The van der Waals surface area contributed by atoms with Gasteiger partial charge in [-0.3, -0.25) is 4.79 Å². The van der Waals surface area contributed by atoms with E-state index in [1.807, 2.05) is 19.1 Å². The fraction of sp³-hybridized carbons (Fsp3) is 0.458.